The highest BCUT2D eigenvalue weighted by molar-refractivity contribution is 6.08. The van der Waals surface area contributed by atoms with Crippen LogP contribution < -0.4 is 19.7 Å². The molecule has 0 saturated carbocycles. The van der Waals surface area contributed by atoms with E-state index in [4.69, 9.17) is 18.6 Å². The van der Waals surface area contributed by atoms with Crippen LogP contribution in [0.2, 0.25) is 0 Å². The molecule has 9 heteroatoms. The number of esters is 1. The van der Waals surface area contributed by atoms with E-state index in [9.17, 15) is 14.4 Å². The number of nitrogens with zero attached hydrogens (tertiary/aromatic N) is 1. The van der Waals surface area contributed by atoms with Crippen molar-refractivity contribution in [1.29, 1.82) is 0 Å². The predicted molar refractivity (Wildman–Crippen MR) is 133 cm³/mol. The lowest BCUT2D eigenvalue weighted by Crippen LogP contribution is -2.45. The van der Waals surface area contributed by atoms with Gasteiger partial charge in [0.2, 0.25) is 0 Å². The molecule has 1 aliphatic heterocycles. The number of hydrogen-bond acceptors (Lipinski definition) is 7. The molecule has 1 aromatic heterocycles. The number of carbonyl (C=O) groups is 3. The first-order valence-corrected chi connectivity index (χ1v) is 11.5. The van der Waals surface area contributed by atoms with Crippen LogP contribution in [0.1, 0.15) is 13.3 Å². The molecule has 0 bridgehead atoms. The Labute approximate surface area is 206 Å². The summed E-state index contributed by atoms with van der Waals surface area (Å²) in [6, 6.07) is 18.2. The normalized spacial score (nSPS) is 14.9. The van der Waals surface area contributed by atoms with Gasteiger partial charge in [0.1, 0.15) is 22.7 Å². The van der Waals surface area contributed by atoms with Gasteiger partial charge in [-0.3, -0.25) is 14.4 Å². The predicted octanol–water partition coefficient (Wildman–Crippen LogP) is 4.28. The van der Waals surface area contributed by atoms with Crippen molar-refractivity contribution < 1.29 is 33.0 Å². The van der Waals surface area contributed by atoms with Gasteiger partial charge in [-0.1, -0.05) is 30.3 Å². The van der Waals surface area contributed by atoms with Crippen LogP contribution in [0.3, 0.4) is 0 Å². The van der Waals surface area contributed by atoms with Crippen LogP contribution in [0.25, 0.3) is 21.9 Å². The summed E-state index contributed by atoms with van der Waals surface area (Å²) in [5.74, 6) is -0.347. The molecule has 0 saturated heterocycles. The monoisotopic (exact) mass is 488 g/mol. The second kappa shape index (κ2) is 9.61. The quantitative estimate of drug-likeness (QED) is 0.387. The van der Waals surface area contributed by atoms with Crippen LogP contribution in [0, 0.1) is 0 Å². The maximum Gasteiger partial charge on any atom is 0.308 e. The first-order chi connectivity index (χ1) is 17.4. The molecule has 9 nitrogen and oxygen atoms in total. The molecule has 0 radical (unpaired) electrons. The summed E-state index contributed by atoms with van der Waals surface area (Å²) in [7, 11) is 1.51. The summed E-state index contributed by atoms with van der Waals surface area (Å²) >= 11 is 0. The minimum atomic E-state index is -0.652. The van der Waals surface area contributed by atoms with Crippen molar-refractivity contribution in [3.8, 4) is 11.5 Å². The van der Waals surface area contributed by atoms with E-state index in [1.54, 1.807) is 37.3 Å². The molecular weight excluding hydrogens is 464 g/mol. The van der Waals surface area contributed by atoms with Crippen molar-refractivity contribution in [2.75, 3.05) is 30.5 Å². The molecule has 2 heterocycles. The van der Waals surface area contributed by atoms with Crippen molar-refractivity contribution in [2.24, 2.45) is 0 Å². The number of hydrogen-bond donors (Lipinski definition) is 1. The van der Waals surface area contributed by atoms with E-state index < -0.39 is 24.6 Å². The van der Waals surface area contributed by atoms with Gasteiger partial charge in [-0.25, -0.2) is 0 Å². The third kappa shape index (κ3) is 4.43. The van der Waals surface area contributed by atoms with Gasteiger partial charge in [-0.2, -0.15) is 0 Å². The van der Waals surface area contributed by atoms with E-state index in [1.165, 1.54) is 12.0 Å². The fourth-order valence-electron chi connectivity index (χ4n) is 4.22. The number of carbonyl (C=O) groups excluding carboxylic acids is 3. The highest BCUT2D eigenvalue weighted by atomic mass is 16.5. The highest BCUT2D eigenvalue weighted by Crippen LogP contribution is 2.36. The molecule has 0 spiro atoms. The number of amides is 2. The lowest BCUT2D eigenvalue weighted by molar-refractivity contribution is -0.147. The van der Waals surface area contributed by atoms with Crippen molar-refractivity contribution in [3.63, 3.8) is 0 Å². The Kier molecular flexibility index (Phi) is 6.20. The van der Waals surface area contributed by atoms with Crippen LogP contribution in [0.4, 0.5) is 11.4 Å². The van der Waals surface area contributed by atoms with E-state index in [2.05, 4.69) is 5.32 Å². The van der Waals surface area contributed by atoms with Crippen LogP contribution >= 0.6 is 0 Å². The van der Waals surface area contributed by atoms with Crippen molar-refractivity contribution >= 4 is 51.1 Å². The maximum absolute atomic E-state index is 12.5. The molecule has 1 unspecified atom stereocenters. The number of benzene rings is 3. The van der Waals surface area contributed by atoms with Crippen LogP contribution in [-0.2, 0) is 19.1 Å². The van der Waals surface area contributed by atoms with Crippen molar-refractivity contribution in [3.05, 3.63) is 60.7 Å². The number of furan rings is 1. The van der Waals surface area contributed by atoms with E-state index in [1.807, 2.05) is 30.3 Å². The van der Waals surface area contributed by atoms with E-state index in [-0.39, 0.29) is 18.9 Å². The van der Waals surface area contributed by atoms with E-state index in [0.717, 1.165) is 16.4 Å². The summed E-state index contributed by atoms with van der Waals surface area (Å²) in [5.41, 5.74) is 2.31. The largest absolute Gasteiger partial charge is 0.495 e. The molecule has 184 valence electrons. The minimum Gasteiger partial charge on any atom is -0.495 e. The zero-order valence-electron chi connectivity index (χ0n) is 19.8. The van der Waals surface area contributed by atoms with Gasteiger partial charge < -0.3 is 28.8 Å². The zero-order valence-corrected chi connectivity index (χ0v) is 19.8. The second-order valence-corrected chi connectivity index (χ2v) is 8.32. The van der Waals surface area contributed by atoms with Gasteiger partial charge in [0, 0.05) is 23.4 Å². The highest BCUT2D eigenvalue weighted by Gasteiger charge is 2.31. The Morgan fingerprint density at radius 1 is 1.03 bits per heavy atom. The van der Waals surface area contributed by atoms with Gasteiger partial charge in [0.25, 0.3) is 11.8 Å². The second-order valence-electron chi connectivity index (χ2n) is 8.32. The molecule has 1 aliphatic rings. The topological polar surface area (TPSA) is 107 Å². The fraction of sp³-hybridized carbons (Fsp3) is 0.222. The molecule has 1 atom stereocenters. The SMILES string of the molecule is COc1cc2c(cc1NC(=O)COC(=O)CCN1C(=O)C(C)Oc3ccccc31)oc1ccccc12. The molecule has 0 aliphatic carbocycles. The van der Waals surface area contributed by atoms with Crippen LogP contribution in [0.15, 0.2) is 65.1 Å². The fourth-order valence-corrected chi connectivity index (χ4v) is 4.22. The molecular formula is C27H24N2O7. The van der Waals surface area contributed by atoms with Gasteiger partial charge >= 0.3 is 5.97 Å². The summed E-state index contributed by atoms with van der Waals surface area (Å²) in [6.07, 6.45) is -0.727. The van der Waals surface area contributed by atoms with E-state index in [0.29, 0.717) is 28.5 Å². The molecule has 36 heavy (non-hydrogen) atoms. The number of methoxy groups -OCH3 is 1. The summed E-state index contributed by atoms with van der Waals surface area (Å²) in [4.78, 5) is 38.9. The first kappa shape index (κ1) is 23.2. The Balaban J connectivity index is 1.20. The number of para-hydroxylation sites is 3. The number of rotatable bonds is 7. The van der Waals surface area contributed by atoms with Gasteiger partial charge in [0.15, 0.2) is 12.7 Å². The molecule has 5 rings (SSSR count). The average molecular weight is 488 g/mol. The lowest BCUT2D eigenvalue weighted by Gasteiger charge is -2.32. The molecule has 0 fully saturated rings. The Bertz CT molecular complexity index is 1480. The third-order valence-electron chi connectivity index (χ3n) is 5.95. The van der Waals surface area contributed by atoms with E-state index >= 15 is 0 Å². The van der Waals surface area contributed by atoms with Gasteiger partial charge in [-0.15, -0.1) is 0 Å². The summed E-state index contributed by atoms with van der Waals surface area (Å²) in [5, 5.41) is 4.50. The average Bonchev–Trinajstić information content (AvgIpc) is 3.24. The van der Waals surface area contributed by atoms with Crippen molar-refractivity contribution in [1.82, 2.24) is 0 Å². The Morgan fingerprint density at radius 3 is 2.64 bits per heavy atom. The number of fused-ring (bicyclic) bond motifs is 4. The number of ether oxygens (including phenoxy) is 3. The third-order valence-corrected chi connectivity index (χ3v) is 5.95. The molecule has 3 aromatic carbocycles. The van der Waals surface area contributed by atoms with Gasteiger partial charge in [0.05, 0.1) is 24.9 Å². The van der Waals surface area contributed by atoms with Crippen LogP contribution in [0.5, 0.6) is 11.5 Å². The minimum absolute atomic E-state index is 0.0751. The summed E-state index contributed by atoms with van der Waals surface area (Å²) in [6.45, 7) is 1.29. The number of nitrogens with one attached hydrogen (secondary N) is 1. The first-order valence-electron chi connectivity index (χ1n) is 11.5. The standard InChI is InChI=1S/C27H24N2O7/c1-16-27(32)29(20-8-4-6-10-22(20)35-16)12-11-26(31)34-15-25(30)28-19-14-23-18(13-24(19)33-2)17-7-3-5-9-21(17)36-23/h3-10,13-14,16H,11-12,15H2,1-2H3,(H,28,30). The number of anilines is 2. The van der Waals surface area contributed by atoms with Crippen molar-refractivity contribution in [2.45, 2.75) is 19.4 Å². The molecule has 2 amide bonds. The Morgan fingerprint density at radius 2 is 1.81 bits per heavy atom. The lowest BCUT2D eigenvalue weighted by atomic mass is 10.1. The summed E-state index contributed by atoms with van der Waals surface area (Å²) < 4.78 is 22.1. The molecule has 4 aromatic rings. The maximum atomic E-state index is 12.5. The zero-order chi connectivity index (χ0) is 25.2. The smallest absolute Gasteiger partial charge is 0.308 e. The molecule has 1 N–H and O–H groups in total. The van der Waals surface area contributed by atoms with Crippen LogP contribution in [-0.4, -0.2) is 44.1 Å². The van der Waals surface area contributed by atoms with Gasteiger partial charge in [-0.05, 0) is 31.2 Å². The Hall–Kier alpha value is -4.53.